The molecule has 1 amide bonds. The van der Waals surface area contributed by atoms with Gasteiger partial charge >= 0.3 is 5.97 Å². The molecule has 2 aromatic rings. The first-order valence-corrected chi connectivity index (χ1v) is 9.82. The molecule has 0 aromatic heterocycles. The Morgan fingerprint density at radius 1 is 1.07 bits per heavy atom. The van der Waals surface area contributed by atoms with Crippen LogP contribution in [0, 0.1) is 5.82 Å². The highest BCUT2D eigenvalue weighted by molar-refractivity contribution is 6.01. The lowest BCUT2D eigenvalue weighted by molar-refractivity contribution is -0.121. The summed E-state index contributed by atoms with van der Waals surface area (Å²) in [6.45, 7) is 3.73. The summed E-state index contributed by atoms with van der Waals surface area (Å²) in [6.07, 6.45) is 3.14. The number of esters is 1. The van der Waals surface area contributed by atoms with E-state index < -0.39 is 11.4 Å². The van der Waals surface area contributed by atoms with Gasteiger partial charge in [-0.05, 0) is 62.6 Å². The van der Waals surface area contributed by atoms with Gasteiger partial charge in [0.1, 0.15) is 17.1 Å². The molecule has 154 valence electrons. The largest absolute Gasteiger partial charge is 0.490 e. The highest BCUT2D eigenvalue weighted by atomic mass is 19.1. The van der Waals surface area contributed by atoms with Gasteiger partial charge in [-0.1, -0.05) is 25.0 Å². The smallest absolute Gasteiger partial charge is 0.341 e. The molecule has 29 heavy (non-hydrogen) atoms. The Bertz CT molecular complexity index is 886. The third-order valence-corrected chi connectivity index (χ3v) is 5.29. The van der Waals surface area contributed by atoms with Crippen molar-refractivity contribution in [3.8, 4) is 5.75 Å². The SMILES string of the molecule is COC(=O)c1cc(NC(=O)C2(c3ccc(F)cc3)CCCC2)ccc1OC(C)C. The molecule has 5 nitrogen and oxygen atoms in total. The Kier molecular flexibility index (Phi) is 6.20. The fraction of sp³-hybridized carbons (Fsp3) is 0.391. The standard InChI is InChI=1S/C23H26FNO4/c1-15(2)29-20-11-10-18(14-19(20)21(26)28-3)25-22(27)23(12-4-5-13-23)16-6-8-17(24)9-7-16/h6-11,14-15H,4-5,12-13H2,1-3H3,(H,25,27). The van der Waals surface area contributed by atoms with Crippen LogP contribution in [0.1, 0.15) is 55.5 Å². The summed E-state index contributed by atoms with van der Waals surface area (Å²) >= 11 is 0. The van der Waals surface area contributed by atoms with E-state index in [4.69, 9.17) is 9.47 Å². The van der Waals surface area contributed by atoms with Crippen LogP contribution in [0.5, 0.6) is 5.75 Å². The molecule has 1 aliphatic rings. The number of ether oxygens (including phenoxy) is 2. The number of hydrogen-bond acceptors (Lipinski definition) is 4. The van der Waals surface area contributed by atoms with E-state index in [0.717, 1.165) is 18.4 Å². The Morgan fingerprint density at radius 3 is 2.31 bits per heavy atom. The van der Waals surface area contributed by atoms with E-state index in [9.17, 15) is 14.0 Å². The number of benzene rings is 2. The molecule has 0 spiro atoms. The van der Waals surface area contributed by atoms with E-state index in [1.54, 1.807) is 30.3 Å². The number of carbonyl (C=O) groups is 2. The van der Waals surface area contributed by atoms with Crippen LogP contribution in [0.3, 0.4) is 0 Å². The Morgan fingerprint density at radius 2 is 1.72 bits per heavy atom. The van der Waals surface area contributed by atoms with Gasteiger partial charge in [0.15, 0.2) is 0 Å². The summed E-state index contributed by atoms with van der Waals surface area (Å²) in [6, 6.07) is 11.1. The van der Waals surface area contributed by atoms with Crippen LogP contribution in [-0.2, 0) is 14.9 Å². The molecular formula is C23H26FNO4. The van der Waals surface area contributed by atoms with Gasteiger partial charge in [-0.15, -0.1) is 0 Å². The predicted molar refractivity (Wildman–Crippen MR) is 109 cm³/mol. The van der Waals surface area contributed by atoms with Crippen molar-refractivity contribution < 1.29 is 23.5 Å². The van der Waals surface area contributed by atoms with Crippen molar-refractivity contribution in [3.05, 3.63) is 59.4 Å². The normalized spacial score (nSPS) is 15.2. The molecule has 0 heterocycles. The summed E-state index contributed by atoms with van der Waals surface area (Å²) in [5, 5.41) is 2.94. The summed E-state index contributed by atoms with van der Waals surface area (Å²) in [5.41, 5.74) is 0.842. The van der Waals surface area contributed by atoms with Gasteiger partial charge in [-0.2, -0.15) is 0 Å². The molecule has 3 rings (SSSR count). The van der Waals surface area contributed by atoms with Crippen molar-refractivity contribution in [2.75, 3.05) is 12.4 Å². The lowest BCUT2D eigenvalue weighted by Crippen LogP contribution is -2.38. The van der Waals surface area contributed by atoms with E-state index in [1.807, 2.05) is 13.8 Å². The van der Waals surface area contributed by atoms with Crippen LogP contribution in [0.15, 0.2) is 42.5 Å². The van der Waals surface area contributed by atoms with Crippen molar-refractivity contribution in [1.29, 1.82) is 0 Å². The molecule has 6 heteroatoms. The maximum absolute atomic E-state index is 13.4. The van der Waals surface area contributed by atoms with Gasteiger partial charge in [-0.25, -0.2) is 9.18 Å². The summed E-state index contributed by atoms with van der Waals surface area (Å²) in [5.74, 6) is -0.620. The number of halogens is 1. The minimum absolute atomic E-state index is 0.112. The number of amides is 1. The first kappa shape index (κ1) is 20.8. The monoisotopic (exact) mass is 399 g/mol. The first-order valence-electron chi connectivity index (χ1n) is 9.82. The van der Waals surface area contributed by atoms with Crippen molar-refractivity contribution in [1.82, 2.24) is 0 Å². The number of hydrogen-bond donors (Lipinski definition) is 1. The molecular weight excluding hydrogens is 373 g/mol. The molecule has 0 aliphatic heterocycles. The second-order valence-corrected chi connectivity index (χ2v) is 7.62. The molecule has 1 fully saturated rings. The number of nitrogens with one attached hydrogen (secondary N) is 1. The second-order valence-electron chi connectivity index (χ2n) is 7.62. The fourth-order valence-corrected chi connectivity index (χ4v) is 3.88. The topological polar surface area (TPSA) is 64.6 Å². The third-order valence-electron chi connectivity index (χ3n) is 5.29. The van der Waals surface area contributed by atoms with Crippen LogP contribution < -0.4 is 10.1 Å². The van der Waals surface area contributed by atoms with E-state index in [0.29, 0.717) is 24.3 Å². The van der Waals surface area contributed by atoms with Crippen LogP contribution in [0.25, 0.3) is 0 Å². The molecule has 0 unspecified atom stereocenters. The lowest BCUT2D eigenvalue weighted by Gasteiger charge is -2.28. The highest BCUT2D eigenvalue weighted by Crippen LogP contribution is 2.42. The second kappa shape index (κ2) is 8.64. The number of rotatable bonds is 6. The summed E-state index contributed by atoms with van der Waals surface area (Å²) < 4.78 is 23.9. The van der Waals surface area contributed by atoms with E-state index in [-0.39, 0.29) is 23.4 Å². The lowest BCUT2D eigenvalue weighted by atomic mass is 9.78. The Hall–Kier alpha value is -2.89. The van der Waals surface area contributed by atoms with Gasteiger partial charge in [0.2, 0.25) is 5.91 Å². The van der Waals surface area contributed by atoms with Gasteiger partial charge < -0.3 is 14.8 Å². The van der Waals surface area contributed by atoms with Crippen molar-refractivity contribution in [2.45, 2.75) is 51.0 Å². The maximum Gasteiger partial charge on any atom is 0.341 e. The quantitative estimate of drug-likeness (QED) is 0.705. The van der Waals surface area contributed by atoms with Gasteiger partial charge in [0.25, 0.3) is 0 Å². The Balaban J connectivity index is 1.90. The van der Waals surface area contributed by atoms with Crippen LogP contribution in [0.4, 0.5) is 10.1 Å². The molecule has 1 aliphatic carbocycles. The van der Waals surface area contributed by atoms with E-state index >= 15 is 0 Å². The summed E-state index contributed by atoms with van der Waals surface area (Å²) in [7, 11) is 1.30. The van der Waals surface area contributed by atoms with Crippen molar-refractivity contribution in [3.63, 3.8) is 0 Å². The first-order chi connectivity index (χ1) is 13.9. The number of anilines is 1. The summed E-state index contributed by atoms with van der Waals surface area (Å²) in [4.78, 5) is 25.5. The minimum atomic E-state index is -0.702. The zero-order valence-corrected chi connectivity index (χ0v) is 17.0. The average Bonchev–Trinajstić information content (AvgIpc) is 3.20. The fourth-order valence-electron chi connectivity index (χ4n) is 3.88. The molecule has 0 radical (unpaired) electrons. The number of carbonyl (C=O) groups excluding carboxylic acids is 2. The number of methoxy groups -OCH3 is 1. The highest BCUT2D eigenvalue weighted by Gasteiger charge is 2.42. The predicted octanol–water partition coefficient (Wildman–Crippen LogP) is 4.85. The van der Waals surface area contributed by atoms with Gasteiger partial charge in [0, 0.05) is 5.69 Å². The zero-order chi connectivity index (χ0) is 21.0. The molecule has 2 aromatic carbocycles. The molecule has 0 atom stereocenters. The molecule has 1 N–H and O–H groups in total. The van der Waals surface area contributed by atoms with E-state index in [1.165, 1.54) is 19.2 Å². The molecule has 0 bridgehead atoms. The average molecular weight is 399 g/mol. The van der Waals surface area contributed by atoms with Gasteiger partial charge in [-0.3, -0.25) is 4.79 Å². The maximum atomic E-state index is 13.4. The molecule has 0 saturated heterocycles. The van der Waals surface area contributed by atoms with Crippen LogP contribution in [-0.4, -0.2) is 25.1 Å². The zero-order valence-electron chi connectivity index (χ0n) is 17.0. The minimum Gasteiger partial charge on any atom is -0.490 e. The third kappa shape index (κ3) is 4.42. The van der Waals surface area contributed by atoms with Crippen LogP contribution >= 0.6 is 0 Å². The van der Waals surface area contributed by atoms with Crippen molar-refractivity contribution >= 4 is 17.6 Å². The Labute approximate surface area is 170 Å². The van der Waals surface area contributed by atoms with Crippen LogP contribution in [0.2, 0.25) is 0 Å². The van der Waals surface area contributed by atoms with Gasteiger partial charge in [0.05, 0.1) is 18.6 Å². The molecule has 1 saturated carbocycles. The van der Waals surface area contributed by atoms with Crippen molar-refractivity contribution in [2.24, 2.45) is 0 Å². The van der Waals surface area contributed by atoms with E-state index in [2.05, 4.69) is 5.32 Å².